The highest BCUT2D eigenvalue weighted by molar-refractivity contribution is 9.10. The molecule has 102 valence electrons. The molecule has 0 amide bonds. The molecule has 3 N–H and O–H groups in total. The summed E-state index contributed by atoms with van der Waals surface area (Å²) >= 11 is 4.85. The molecule has 0 bridgehead atoms. The molecule has 2 rings (SSSR count). The fraction of sp³-hybridized carbons (Fsp3) is 0.167. The van der Waals surface area contributed by atoms with E-state index in [0.717, 1.165) is 14.9 Å². The third-order valence-electron chi connectivity index (χ3n) is 2.57. The zero-order valence-corrected chi connectivity index (χ0v) is 13.4. The number of anilines is 1. The van der Waals surface area contributed by atoms with Gasteiger partial charge in [0.25, 0.3) is 0 Å². The van der Waals surface area contributed by atoms with Gasteiger partial charge >= 0.3 is 0 Å². The Bertz CT molecular complexity index is 696. The van der Waals surface area contributed by atoms with E-state index in [1.807, 2.05) is 18.4 Å². The molecule has 7 heteroatoms. The Hall–Kier alpha value is -0.890. The number of hydrogen-bond donors (Lipinski definition) is 2. The zero-order valence-electron chi connectivity index (χ0n) is 10.2. The second-order valence-electron chi connectivity index (χ2n) is 4.06. The number of nitrogens with one attached hydrogen (secondary N) is 1. The molecule has 0 spiro atoms. The minimum absolute atomic E-state index is 0.116. The number of sulfonamides is 1. The number of aryl methyl sites for hydroxylation is 1. The number of thiophene rings is 1. The summed E-state index contributed by atoms with van der Waals surface area (Å²) in [6.45, 7) is 2.11. The van der Waals surface area contributed by atoms with Crippen molar-refractivity contribution >= 4 is 43.0 Å². The maximum absolute atomic E-state index is 12.2. The molecule has 0 fully saturated rings. The molecule has 1 heterocycles. The molecule has 0 aliphatic carbocycles. The molecule has 0 saturated heterocycles. The second kappa shape index (κ2) is 5.62. The fourth-order valence-electron chi connectivity index (χ4n) is 1.60. The van der Waals surface area contributed by atoms with Crippen molar-refractivity contribution in [3.63, 3.8) is 0 Å². The van der Waals surface area contributed by atoms with Crippen LogP contribution in [0.4, 0.5) is 5.69 Å². The quantitative estimate of drug-likeness (QED) is 0.823. The van der Waals surface area contributed by atoms with Crippen molar-refractivity contribution in [3.05, 3.63) is 44.6 Å². The third-order valence-corrected chi connectivity index (χ3v) is 5.97. The highest BCUT2D eigenvalue weighted by Crippen LogP contribution is 2.24. The molecule has 0 unspecified atom stereocenters. The van der Waals surface area contributed by atoms with Gasteiger partial charge in [-0.3, -0.25) is 0 Å². The Morgan fingerprint density at radius 3 is 2.68 bits per heavy atom. The van der Waals surface area contributed by atoms with E-state index in [1.165, 1.54) is 17.4 Å². The van der Waals surface area contributed by atoms with Crippen molar-refractivity contribution in [2.45, 2.75) is 18.4 Å². The molecule has 0 aliphatic rings. The molecule has 0 atom stereocenters. The van der Waals surface area contributed by atoms with Crippen molar-refractivity contribution < 1.29 is 8.42 Å². The maximum Gasteiger partial charge on any atom is 0.242 e. The van der Waals surface area contributed by atoms with Gasteiger partial charge in [-0.05, 0) is 52.0 Å². The van der Waals surface area contributed by atoms with E-state index in [9.17, 15) is 8.42 Å². The molecule has 0 radical (unpaired) electrons. The highest BCUT2D eigenvalue weighted by Gasteiger charge is 2.17. The topological polar surface area (TPSA) is 72.2 Å². The summed E-state index contributed by atoms with van der Waals surface area (Å²) in [6, 6.07) is 6.78. The summed E-state index contributed by atoms with van der Waals surface area (Å²) in [5.74, 6) is 0. The first-order chi connectivity index (χ1) is 8.90. The van der Waals surface area contributed by atoms with Crippen molar-refractivity contribution in [1.29, 1.82) is 0 Å². The van der Waals surface area contributed by atoms with E-state index < -0.39 is 10.0 Å². The Morgan fingerprint density at radius 1 is 1.37 bits per heavy atom. The largest absolute Gasteiger partial charge is 0.398 e. The van der Waals surface area contributed by atoms with Crippen LogP contribution in [0.15, 0.2) is 39.0 Å². The van der Waals surface area contributed by atoms with Gasteiger partial charge in [0.2, 0.25) is 10.0 Å². The molecule has 2 aromatic rings. The van der Waals surface area contributed by atoms with Crippen LogP contribution in [0, 0.1) is 6.92 Å². The van der Waals surface area contributed by atoms with Gasteiger partial charge in [-0.15, -0.1) is 11.3 Å². The standard InChI is InChI=1S/C12H13BrN2O2S2/c1-8-2-3-12(10(14)6-8)19(16,17)15-7-11-9(13)4-5-18-11/h2-6,15H,7,14H2,1H3. The number of hydrogen-bond acceptors (Lipinski definition) is 4. The maximum atomic E-state index is 12.2. The zero-order chi connectivity index (χ0) is 14.0. The lowest BCUT2D eigenvalue weighted by atomic mass is 10.2. The molecule has 19 heavy (non-hydrogen) atoms. The molecular formula is C12H13BrN2O2S2. The minimum Gasteiger partial charge on any atom is -0.398 e. The SMILES string of the molecule is Cc1ccc(S(=O)(=O)NCc2sccc2Br)c(N)c1. The number of benzene rings is 1. The van der Waals surface area contributed by atoms with Crippen LogP contribution in [0.2, 0.25) is 0 Å². The molecular weight excluding hydrogens is 348 g/mol. The molecule has 1 aromatic heterocycles. The van der Waals surface area contributed by atoms with Crippen LogP contribution in [-0.4, -0.2) is 8.42 Å². The summed E-state index contributed by atoms with van der Waals surface area (Å²) in [7, 11) is -3.59. The van der Waals surface area contributed by atoms with Crippen molar-refractivity contribution in [1.82, 2.24) is 4.72 Å². The van der Waals surface area contributed by atoms with Gasteiger partial charge in [-0.2, -0.15) is 0 Å². The lowest BCUT2D eigenvalue weighted by Gasteiger charge is -2.09. The van der Waals surface area contributed by atoms with Gasteiger partial charge in [0.15, 0.2) is 0 Å². The average Bonchev–Trinajstić information content (AvgIpc) is 2.72. The number of halogens is 1. The Balaban J connectivity index is 2.21. The van der Waals surface area contributed by atoms with Gasteiger partial charge in [0.1, 0.15) is 4.90 Å². The van der Waals surface area contributed by atoms with Crippen molar-refractivity contribution in [2.75, 3.05) is 5.73 Å². The van der Waals surface area contributed by atoms with Gasteiger partial charge in [0.05, 0.1) is 5.69 Å². The second-order valence-corrected chi connectivity index (χ2v) is 7.65. The number of nitrogens with two attached hydrogens (primary N) is 1. The highest BCUT2D eigenvalue weighted by atomic mass is 79.9. The normalized spacial score (nSPS) is 11.7. The molecule has 1 aromatic carbocycles. The Morgan fingerprint density at radius 2 is 2.11 bits per heavy atom. The van der Waals surface area contributed by atoms with Crippen molar-refractivity contribution in [2.24, 2.45) is 0 Å². The Labute approximate surface area is 124 Å². The van der Waals surface area contributed by atoms with E-state index in [-0.39, 0.29) is 17.1 Å². The van der Waals surface area contributed by atoms with Gasteiger partial charge in [-0.1, -0.05) is 6.07 Å². The lowest BCUT2D eigenvalue weighted by Crippen LogP contribution is -2.23. The minimum atomic E-state index is -3.59. The summed E-state index contributed by atoms with van der Waals surface area (Å²) in [5, 5.41) is 1.90. The number of nitrogen functional groups attached to an aromatic ring is 1. The van der Waals surface area contributed by atoms with E-state index in [2.05, 4.69) is 20.7 Å². The van der Waals surface area contributed by atoms with Crippen LogP contribution >= 0.6 is 27.3 Å². The third kappa shape index (κ3) is 3.36. The summed E-state index contributed by atoms with van der Waals surface area (Å²) in [5.41, 5.74) is 6.95. The van der Waals surface area contributed by atoms with E-state index in [0.29, 0.717) is 0 Å². The van der Waals surface area contributed by atoms with Crippen LogP contribution in [0.1, 0.15) is 10.4 Å². The predicted molar refractivity (Wildman–Crippen MR) is 81.6 cm³/mol. The van der Waals surface area contributed by atoms with E-state index >= 15 is 0 Å². The first-order valence-corrected chi connectivity index (χ1v) is 8.63. The van der Waals surface area contributed by atoms with Crippen LogP contribution in [0.3, 0.4) is 0 Å². The summed E-state index contributed by atoms with van der Waals surface area (Å²) < 4.78 is 27.8. The Kier molecular flexibility index (Phi) is 4.29. The van der Waals surface area contributed by atoms with Gasteiger partial charge in [-0.25, -0.2) is 13.1 Å². The summed E-state index contributed by atoms with van der Waals surface area (Å²) in [4.78, 5) is 1.04. The summed E-state index contributed by atoms with van der Waals surface area (Å²) in [6.07, 6.45) is 0. The van der Waals surface area contributed by atoms with Crippen LogP contribution in [0.5, 0.6) is 0 Å². The van der Waals surface area contributed by atoms with Gasteiger partial charge < -0.3 is 5.73 Å². The smallest absolute Gasteiger partial charge is 0.242 e. The fourth-order valence-corrected chi connectivity index (χ4v) is 4.23. The van der Waals surface area contributed by atoms with Crippen molar-refractivity contribution in [3.8, 4) is 0 Å². The van der Waals surface area contributed by atoms with Crippen LogP contribution < -0.4 is 10.5 Å². The molecule has 0 saturated carbocycles. The monoisotopic (exact) mass is 360 g/mol. The molecule has 0 aliphatic heterocycles. The van der Waals surface area contributed by atoms with E-state index in [1.54, 1.807) is 12.1 Å². The molecule has 4 nitrogen and oxygen atoms in total. The van der Waals surface area contributed by atoms with Gasteiger partial charge in [0, 0.05) is 15.9 Å². The van der Waals surface area contributed by atoms with Crippen LogP contribution in [0.25, 0.3) is 0 Å². The lowest BCUT2D eigenvalue weighted by molar-refractivity contribution is 0.582. The van der Waals surface area contributed by atoms with E-state index in [4.69, 9.17) is 5.73 Å². The average molecular weight is 361 g/mol. The first kappa shape index (κ1) is 14.5. The first-order valence-electron chi connectivity index (χ1n) is 5.48. The van der Waals surface area contributed by atoms with Crippen LogP contribution in [-0.2, 0) is 16.6 Å². The number of rotatable bonds is 4. The predicted octanol–water partition coefficient (Wildman–Crippen LogP) is 2.88.